The largest absolute Gasteiger partial charge is 0.508 e. The minimum absolute atomic E-state index is 0.203. The zero-order valence-corrected chi connectivity index (χ0v) is 12.9. The van der Waals surface area contributed by atoms with Gasteiger partial charge in [-0.05, 0) is 30.3 Å². The summed E-state index contributed by atoms with van der Waals surface area (Å²) in [6.45, 7) is 0. The van der Waals surface area contributed by atoms with Crippen molar-refractivity contribution in [3.05, 3.63) is 54.9 Å². The summed E-state index contributed by atoms with van der Waals surface area (Å²) in [4.78, 5) is 9.03. The number of hydrogen-bond acceptors (Lipinski definition) is 5. The fourth-order valence-electron chi connectivity index (χ4n) is 3.53. The van der Waals surface area contributed by atoms with Crippen molar-refractivity contribution in [2.24, 2.45) is 0 Å². The first-order valence-corrected chi connectivity index (χ1v) is 7.90. The molecule has 0 aliphatic heterocycles. The van der Waals surface area contributed by atoms with Crippen LogP contribution in [-0.4, -0.2) is 15.1 Å². The van der Waals surface area contributed by atoms with Crippen LogP contribution in [0.2, 0.25) is 0 Å². The van der Waals surface area contributed by atoms with Crippen LogP contribution in [0.4, 0.5) is 0 Å². The Bertz CT molecular complexity index is 1460. The van der Waals surface area contributed by atoms with E-state index in [1.807, 2.05) is 24.3 Å². The van der Waals surface area contributed by atoms with E-state index in [9.17, 15) is 5.11 Å². The van der Waals surface area contributed by atoms with E-state index in [0.717, 1.165) is 27.1 Å². The first-order chi connectivity index (χ1) is 12.3. The Balaban J connectivity index is 1.99. The predicted molar refractivity (Wildman–Crippen MR) is 95.8 cm³/mol. The molecule has 3 aromatic carbocycles. The Morgan fingerprint density at radius 1 is 0.800 bits per heavy atom. The minimum Gasteiger partial charge on any atom is -0.508 e. The van der Waals surface area contributed by atoms with Crippen LogP contribution >= 0.6 is 0 Å². The smallest absolute Gasteiger partial charge is 0.197 e. The monoisotopic (exact) mass is 326 g/mol. The summed E-state index contributed by atoms with van der Waals surface area (Å²) in [6.07, 6.45) is 3.57. The van der Waals surface area contributed by atoms with Gasteiger partial charge in [0, 0.05) is 33.9 Å². The molecule has 0 unspecified atom stereocenters. The molecule has 0 bridgehead atoms. The third-order valence-electron chi connectivity index (χ3n) is 4.62. The highest BCUT2D eigenvalue weighted by Gasteiger charge is 2.19. The highest BCUT2D eigenvalue weighted by Crippen LogP contribution is 2.40. The normalized spacial score (nSPS) is 12.2. The Morgan fingerprint density at radius 3 is 2.40 bits per heavy atom. The summed E-state index contributed by atoms with van der Waals surface area (Å²) >= 11 is 0. The maximum atomic E-state index is 9.90. The average molecular weight is 326 g/mol. The summed E-state index contributed by atoms with van der Waals surface area (Å²) in [5.41, 5.74) is 4.06. The van der Waals surface area contributed by atoms with Crippen molar-refractivity contribution in [1.82, 2.24) is 9.97 Å². The number of rotatable bonds is 0. The van der Waals surface area contributed by atoms with Crippen molar-refractivity contribution in [3.63, 3.8) is 0 Å². The van der Waals surface area contributed by atoms with E-state index in [0.29, 0.717) is 27.8 Å². The van der Waals surface area contributed by atoms with E-state index in [1.54, 1.807) is 30.6 Å². The molecular weight excluding hydrogens is 316 g/mol. The van der Waals surface area contributed by atoms with Crippen LogP contribution in [0, 0.1) is 0 Å². The second kappa shape index (κ2) is 4.27. The molecule has 0 saturated carbocycles. The molecule has 0 aliphatic rings. The van der Waals surface area contributed by atoms with Crippen LogP contribution in [0.1, 0.15) is 0 Å². The number of phenolic OH excluding ortho intramolecular Hbond substituents is 1. The van der Waals surface area contributed by atoms with Crippen LogP contribution in [-0.2, 0) is 0 Å². The van der Waals surface area contributed by atoms with Crippen molar-refractivity contribution < 1.29 is 13.9 Å². The van der Waals surface area contributed by atoms with Crippen molar-refractivity contribution in [1.29, 1.82) is 0 Å². The van der Waals surface area contributed by atoms with E-state index >= 15 is 0 Å². The summed E-state index contributed by atoms with van der Waals surface area (Å²) in [5, 5.41) is 13.5. The Hall–Kier alpha value is -3.60. The quantitative estimate of drug-likeness (QED) is 0.392. The van der Waals surface area contributed by atoms with Crippen LogP contribution in [0.3, 0.4) is 0 Å². The summed E-state index contributed by atoms with van der Waals surface area (Å²) in [7, 11) is 0. The maximum Gasteiger partial charge on any atom is 0.197 e. The highest BCUT2D eigenvalue weighted by atomic mass is 16.4. The van der Waals surface area contributed by atoms with Crippen LogP contribution in [0.5, 0.6) is 5.75 Å². The van der Waals surface area contributed by atoms with Gasteiger partial charge in [0.15, 0.2) is 22.3 Å². The number of fused-ring (bicyclic) bond motifs is 9. The average Bonchev–Trinajstić information content (AvgIpc) is 3.24. The zero-order valence-electron chi connectivity index (χ0n) is 12.9. The van der Waals surface area contributed by atoms with Gasteiger partial charge >= 0.3 is 0 Å². The fraction of sp³-hybridized carbons (Fsp3) is 0. The fourth-order valence-corrected chi connectivity index (χ4v) is 3.53. The van der Waals surface area contributed by atoms with Gasteiger partial charge < -0.3 is 13.9 Å². The SMILES string of the molecule is Oc1ccc2nc3c4oc5ccccc5oc4c4cncc4c3c2c1. The van der Waals surface area contributed by atoms with Gasteiger partial charge in [0.2, 0.25) is 0 Å². The first-order valence-electron chi connectivity index (χ1n) is 7.90. The third-order valence-corrected chi connectivity index (χ3v) is 4.62. The van der Waals surface area contributed by atoms with Gasteiger partial charge in [-0.3, -0.25) is 4.98 Å². The molecule has 0 spiro atoms. The first kappa shape index (κ1) is 12.8. The lowest BCUT2D eigenvalue weighted by Gasteiger charge is -2.04. The number of benzene rings is 3. The van der Waals surface area contributed by atoms with E-state index in [4.69, 9.17) is 13.8 Å². The standard InChI is InChI=1S/C20H10N2O3/c23-10-5-6-14-11(7-10)17-12-8-21-9-13(12)19-20(18(17)22-14)25-16-4-2-1-3-15(16)24-19/h1-9,23H. The molecule has 0 aliphatic carbocycles. The van der Waals surface area contributed by atoms with E-state index < -0.39 is 0 Å². The number of para-hydroxylation sites is 2. The summed E-state index contributed by atoms with van der Waals surface area (Å²) in [6, 6.07) is 12.7. The Kier molecular flexibility index (Phi) is 2.18. The predicted octanol–water partition coefficient (Wildman–Crippen LogP) is 5.13. The van der Waals surface area contributed by atoms with Gasteiger partial charge in [0.1, 0.15) is 11.3 Å². The molecule has 5 nitrogen and oxygen atoms in total. The van der Waals surface area contributed by atoms with E-state index in [2.05, 4.69) is 4.98 Å². The number of aromatic nitrogens is 2. The molecule has 0 amide bonds. The molecule has 6 rings (SSSR count). The van der Waals surface area contributed by atoms with Crippen molar-refractivity contribution in [2.45, 2.75) is 0 Å². The molecule has 0 radical (unpaired) electrons. The molecular formula is C20H10N2O3. The summed E-state index contributed by atoms with van der Waals surface area (Å²) < 4.78 is 12.3. The lowest BCUT2D eigenvalue weighted by molar-refractivity contribution is 0.476. The number of hydrogen-bond donors (Lipinski definition) is 1. The molecule has 3 aromatic heterocycles. The van der Waals surface area contributed by atoms with Crippen LogP contribution in [0.25, 0.3) is 54.9 Å². The molecule has 25 heavy (non-hydrogen) atoms. The van der Waals surface area contributed by atoms with E-state index in [-0.39, 0.29) is 5.75 Å². The Labute approximate surface area is 140 Å². The summed E-state index contributed by atoms with van der Waals surface area (Å²) in [5.74, 6) is 0.203. The van der Waals surface area contributed by atoms with Crippen molar-refractivity contribution >= 4 is 54.9 Å². The molecule has 5 heteroatoms. The molecule has 6 aromatic rings. The molecule has 118 valence electrons. The van der Waals surface area contributed by atoms with Gasteiger partial charge in [-0.15, -0.1) is 0 Å². The molecule has 0 saturated heterocycles. The molecule has 1 N–H and O–H groups in total. The lowest BCUT2D eigenvalue weighted by Crippen LogP contribution is -1.80. The molecule has 3 heterocycles. The topological polar surface area (TPSA) is 72.3 Å². The molecule has 0 atom stereocenters. The van der Waals surface area contributed by atoms with Gasteiger partial charge in [-0.25, -0.2) is 4.98 Å². The third kappa shape index (κ3) is 1.57. The van der Waals surface area contributed by atoms with E-state index in [1.165, 1.54) is 0 Å². The zero-order chi connectivity index (χ0) is 16.5. The van der Waals surface area contributed by atoms with Crippen LogP contribution < -0.4 is 0 Å². The highest BCUT2D eigenvalue weighted by molar-refractivity contribution is 6.29. The number of aromatic hydroxyl groups is 1. The van der Waals surface area contributed by atoms with Gasteiger partial charge in [-0.2, -0.15) is 0 Å². The second-order valence-electron chi connectivity index (χ2n) is 6.08. The van der Waals surface area contributed by atoms with Gasteiger partial charge in [-0.1, -0.05) is 12.1 Å². The lowest BCUT2D eigenvalue weighted by atomic mass is 10.1. The van der Waals surface area contributed by atoms with Gasteiger partial charge in [0.25, 0.3) is 0 Å². The minimum atomic E-state index is 0.203. The van der Waals surface area contributed by atoms with Crippen molar-refractivity contribution in [3.8, 4) is 5.75 Å². The second-order valence-corrected chi connectivity index (χ2v) is 6.08. The van der Waals surface area contributed by atoms with Gasteiger partial charge in [0.05, 0.1) is 5.52 Å². The molecule has 0 fully saturated rings. The number of phenols is 1. The van der Waals surface area contributed by atoms with Crippen LogP contribution in [0.15, 0.2) is 63.7 Å². The van der Waals surface area contributed by atoms with Crippen molar-refractivity contribution in [2.75, 3.05) is 0 Å². The Morgan fingerprint density at radius 2 is 1.56 bits per heavy atom. The number of nitrogens with zero attached hydrogens (tertiary/aromatic N) is 2. The maximum absolute atomic E-state index is 9.90.